The molecule has 0 fully saturated rings. The van der Waals surface area contributed by atoms with Crippen LogP contribution >= 0.6 is 0 Å². The fourth-order valence-electron chi connectivity index (χ4n) is 1.03. The molecule has 0 atom stereocenters. The second kappa shape index (κ2) is 7.05. The molecule has 0 amide bonds. The zero-order valence-corrected chi connectivity index (χ0v) is 10.3. The topological polar surface area (TPSA) is 44.2 Å². The van der Waals surface area contributed by atoms with Crippen molar-refractivity contribution in [3.63, 3.8) is 0 Å². The molecule has 1 heterocycles. The summed E-state index contributed by atoms with van der Waals surface area (Å²) in [4.78, 5) is 8.24. The van der Waals surface area contributed by atoms with Gasteiger partial charge in [0.25, 0.3) is 0 Å². The molecule has 2 aromatic rings. The lowest BCUT2D eigenvalue weighted by Gasteiger charge is -1.90. The Kier molecular flexibility index (Phi) is 5.53. The van der Waals surface area contributed by atoms with E-state index >= 15 is 0 Å². The summed E-state index contributed by atoms with van der Waals surface area (Å²) >= 11 is 0. The predicted molar refractivity (Wildman–Crippen MR) is 62.1 cm³/mol. The average Bonchev–Trinajstić information content (AvgIpc) is 2.31. The number of fused-ring (bicyclic) bond motifs is 1. The van der Waals surface area contributed by atoms with Gasteiger partial charge in [-0.05, 0) is 12.1 Å². The van der Waals surface area contributed by atoms with Gasteiger partial charge >= 0.3 is 10.0 Å². The van der Waals surface area contributed by atoms with Crippen LogP contribution in [0.5, 0.6) is 0 Å². The van der Waals surface area contributed by atoms with Crippen molar-refractivity contribution < 1.29 is 8.85 Å². The van der Waals surface area contributed by atoms with E-state index in [1.54, 1.807) is 26.6 Å². The quantitative estimate of drug-likeness (QED) is 0.708. The van der Waals surface area contributed by atoms with Crippen LogP contribution in [0.3, 0.4) is 0 Å². The lowest BCUT2D eigenvalue weighted by Crippen LogP contribution is -1.93. The molecule has 0 aliphatic rings. The maximum Gasteiger partial charge on any atom is 0.303 e. The lowest BCUT2D eigenvalue weighted by atomic mass is 10.3. The standard InChI is InChI=1S/C8H6N2.C2H8O2Si/c1-2-4-8-7(3-1)9-5-6-10-8;1-3-5-4-2/h1-6H;5H2,1-2H3. The number of nitrogens with zero attached hydrogens (tertiary/aromatic N) is 2. The minimum absolute atomic E-state index is 0.568. The highest BCUT2D eigenvalue weighted by atomic mass is 28.3. The van der Waals surface area contributed by atoms with Crippen LogP contribution < -0.4 is 0 Å². The van der Waals surface area contributed by atoms with E-state index in [1.807, 2.05) is 24.3 Å². The summed E-state index contributed by atoms with van der Waals surface area (Å²) in [5, 5.41) is 0. The second-order valence-corrected chi connectivity index (χ2v) is 4.13. The minimum atomic E-state index is -0.568. The molecule has 2 rings (SSSR count). The van der Waals surface area contributed by atoms with Crippen LogP contribution in [0.15, 0.2) is 36.7 Å². The Morgan fingerprint density at radius 1 is 0.933 bits per heavy atom. The molecule has 4 nitrogen and oxygen atoms in total. The number of hydrogen-bond donors (Lipinski definition) is 0. The maximum atomic E-state index is 4.61. The van der Waals surface area contributed by atoms with Crippen LogP contribution in [0.25, 0.3) is 11.0 Å². The van der Waals surface area contributed by atoms with Crippen LogP contribution in [0.1, 0.15) is 0 Å². The Hall–Kier alpha value is -1.30. The Balaban J connectivity index is 0.000000195. The number of aromatic nitrogens is 2. The van der Waals surface area contributed by atoms with Gasteiger partial charge in [-0.15, -0.1) is 0 Å². The van der Waals surface area contributed by atoms with Crippen molar-refractivity contribution in [3.05, 3.63) is 36.7 Å². The number of hydrogen-bond acceptors (Lipinski definition) is 4. The molecule has 1 aromatic carbocycles. The third-order valence-corrected chi connectivity index (χ3v) is 2.08. The summed E-state index contributed by atoms with van der Waals surface area (Å²) < 4.78 is 9.22. The molecular weight excluding hydrogens is 208 g/mol. The van der Waals surface area contributed by atoms with Gasteiger partial charge in [0.2, 0.25) is 0 Å². The highest BCUT2D eigenvalue weighted by Gasteiger charge is 1.88. The van der Waals surface area contributed by atoms with E-state index in [-0.39, 0.29) is 0 Å². The zero-order chi connectivity index (χ0) is 10.9. The Morgan fingerprint density at radius 2 is 1.40 bits per heavy atom. The fraction of sp³-hybridized carbons (Fsp3) is 0.200. The Labute approximate surface area is 91.3 Å². The van der Waals surface area contributed by atoms with E-state index in [9.17, 15) is 0 Å². The van der Waals surface area contributed by atoms with Crippen LogP contribution in [0, 0.1) is 0 Å². The number of rotatable bonds is 2. The van der Waals surface area contributed by atoms with Crippen LogP contribution in [-0.2, 0) is 8.85 Å². The molecule has 1 aromatic heterocycles. The third kappa shape index (κ3) is 4.16. The molecule has 0 N–H and O–H groups in total. The molecule has 0 aliphatic heterocycles. The molecule has 80 valence electrons. The summed E-state index contributed by atoms with van der Waals surface area (Å²) in [6, 6.07) is 7.80. The minimum Gasteiger partial charge on any atom is -0.402 e. The summed E-state index contributed by atoms with van der Waals surface area (Å²) in [7, 11) is 2.73. The van der Waals surface area contributed by atoms with Gasteiger partial charge in [-0.2, -0.15) is 0 Å². The van der Waals surface area contributed by atoms with E-state index in [1.165, 1.54) is 0 Å². The summed E-state index contributed by atoms with van der Waals surface area (Å²) in [6.07, 6.45) is 3.39. The van der Waals surface area contributed by atoms with Gasteiger partial charge in [0, 0.05) is 26.6 Å². The molecule has 0 aliphatic carbocycles. The van der Waals surface area contributed by atoms with Crippen molar-refractivity contribution in [2.45, 2.75) is 0 Å². The number of benzene rings is 1. The van der Waals surface area contributed by atoms with Crippen molar-refractivity contribution >= 4 is 21.0 Å². The van der Waals surface area contributed by atoms with Gasteiger partial charge in [-0.25, -0.2) is 0 Å². The average molecular weight is 222 g/mol. The first kappa shape index (κ1) is 11.8. The molecule has 0 saturated heterocycles. The van der Waals surface area contributed by atoms with Gasteiger partial charge in [-0.1, -0.05) is 12.1 Å². The van der Waals surface area contributed by atoms with Crippen LogP contribution in [0.4, 0.5) is 0 Å². The molecule has 0 unspecified atom stereocenters. The van der Waals surface area contributed by atoms with E-state index in [0.717, 1.165) is 11.0 Å². The van der Waals surface area contributed by atoms with E-state index < -0.39 is 10.0 Å². The van der Waals surface area contributed by atoms with Gasteiger partial charge in [-0.3, -0.25) is 9.97 Å². The van der Waals surface area contributed by atoms with Gasteiger partial charge in [0.05, 0.1) is 11.0 Å². The predicted octanol–water partition coefficient (Wildman–Crippen LogP) is 0.908. The largest absolute Gasteiger partial charge is 0.402 e. The molecule has 15 heavy (non-hydrogen) atoms. The molecule has 0 radical (unpaired) electrons. The summed E-state index contributed by atoms with van der Waals surface area (Å²) in [5.41, 5.74) is 1.90. The van der Waals surface area contributed by atoms with Gasteiger partial charge < -0.3 is 8.85 Å². The van der Waals surface area contributed by atoms with Gasteiger partial charge in [0.1, 0.15) is 0 Å². The lowest BCUT2D eigenvalue weighted by molar-refractivity contribution is 0.309. The third-order valence-electron chi connectivity index (χ3n) is 1.61. The smallest absolute Gasteiger partial charge is 0.303 e. The maximum absolute atomic E-state index is 4.61. The summed E-state index contributed by atoms with van der Waals surface area (Å²) in [5.74, 6) is 0. The van der Waals surface area contributed by atoms with Crippen LogP contribution in [-0.4, -0.2) is 34.2 Å². The molecule has 0 spiro atoms. The highest BCUT2D eigenvalue weighted by Crippen LogP contribution is 2.04. The molecular formula is C10H14N2O2Si. The molecule has 0 bridgehead atoms. The van der Waals surface area contributed by atoms with E-state index in [0.29, 0.717) is 0 Å². The first-order chi connectivity index (χ1) is 7.38. The van der Waals surface area contributed by atoms with E-state index in [4.69, 9.17) is 0 Å². The Bertz CT molecular complexity index is 330. The first-order valence-electron chi connectivity index (χ1n) is 4.52. The zero-order valence-electron chi connectivity index (χ0n) is 8.88. The van der Waals surface area contributed by atoms with Crippen molar-refractivity contribution in [2.24, 2.45) is 0 Å². The SMILES string of the molecule is CO[SiH2]OC.c1ccc2nccnc2c1. The van der Waals surface area contributed by atoms with Crippen molar-refractivity contribution in [1.29, 1.82) is 0 Å². The fourth-order valence-corrected chi connectivity index (χ4v) is 1.26. The highest BCUT2D eigenvalue weighted by molar-refractivity contribution is 6.17. The molecule has 5 heteroatoms. The summed E-state index contributed by atoms with van der Waals surface area (Å²) in [6.45, 7) is 0. The van der Waals surface area contributed by atoms with Crippen molar-refractivity contribution in [1.82, 2.24) is 9.97 Å². The van der Waals surface area contributed by atoms with Crippen molar-refractivity contribution in [3.8, 4) is 0 Å². The first-order valence-corrected chi connectivity index (χ1v) is 5.67. The Morgan fingerprint density at radius 3 is 1.73 bits per heavy atom. The molecule has 0 saturated carbocycles. The second-order valence-electron chi connectivity index (χ2n) is 2.74. The normalized spacial score (nSPS) is 9.47. The monoisotopic (exact) mass is 222 g/mol. The van der Waals surface area contributed by atoms with E-state index in [2.05, 4.69) is 18.8 Å². The van der Waals surface area contributed by atoms with Crippen molar-refractivity contribution in [2.75, 3.05) is 14.2 Å². The van der Waals surface area contributed by atoms with Gasteiger partial charge in [0.15, 0.2) is 0 Å². The number of para-hydroxylation sites is 2. The van der Waals surface area contributed by atoms with Crippen LogP contribution in [0.2, 0.25) is 0 Å².